The van der Waals surface area contributed by atoms with E-state index < -0.39 is 0 Å². The number of halogens is 6. The van der Waals surface area contributed by atoms with Crippen LogP contribution < -0.4 is 133 Å². The molecule has 0 aromatic heterocycles. The van der Waals surface area contributed by atoms with E-state index in [1.807, 2.05) is 13.8 Å². The average molecular weight is 2180 g/mol. The van der Waals surface area contributed by atoms with Crippen molar-refractivity contribution in [2.75, 3.05) is 314 Å². The van der Waals surface area contributed by atoms with E-state index in [4.69, 9.17) is 60.6 Å². The van der Waals surface area contributed by atoms with E-state index in [0.29, 0.717) is 12.1 Å². The van der Waals surface area contributed by atoms with Crippen molar-refractivity contribution in [3.63, 3.8) is 0 Å². The maximum absolute atomic E-state index is 4.80. The summed E-state index contributed by atoms with van der Waals surface area (Å²) in [4.78, 5) is 0. The summed E-state index contributed by atoms with van der Waals surface area (Å²) in [6.07, 6.45) is 2.31. The van der Waals surface area contributed by atoms with E-state index in [1.54, 1.807) is 0 Å². The maximum atomic E-state index is 4.80. The second-order valence-corrected chi connectivity index (χ2v) is 28.8. The van der Waals surface area contributed by atoms with Gasteiger partial charge in [0.2, 0.25) is 0 Å². The first kappa shape index (κ1) is 123. The number of hydrogen-bond donors (Lipinski definition) is 25. The van der Waals surface area contributed by atoms with Crippen LogP contribution >= 0.6 is 60.6 Å². The Kier molecular flexibility index (Phi) is 140. The van der Waals surface area contributed by atoms with Crippen molar-refractivity contribution in [3.05, 3.63) is 35.9 Å². The molecule has 0 saturated carbocycles. The molecule has 5 aliphatic heterocycles. The van der Waals surface area contributed by atoms with Gasteiger partial charge in [0, 0.05) is 431 Å². The van der Waals surface area contributed by atoms with Crippen LogP contribution in [-0.4, -0.2) is 337 Å². The van der Waals surface area contributed by atoms with Crippen LogP contribution in [0.2, 0.25) is 0 Å². The van der Waals surface area contributed by atoms with Crippen molar-refractivity contribution in [3.8, 4) is 0 Å². The van der Waals surface area contributed by atoms with Crippen LogP contribution in [0.5, 0.6) is 0 Å². The summed E-state index contributed by atoms with van der Waals surface area (Å²) in [5.41, 5.74) is 1.40. The van der Waals surface area contributed by atoms with Crippen LogP contribution in [0.15, 0.2) is 30.3 Å². The van der Waals surface area contributed by atoms with Crippen molar-refractivity contribution in [2.45, 2.75) is 52.6 Å². The molecule has 614 valence electrons. The summed E-state index contributed by atoms with van der Waals surface area (Å²) in [6, 6.07) is 11.8. The molecule has 29 N–H and O–H groups in total. The number of hydrogen-bond acceptors (Lipinski definition) is 25. The minimum Gasteiger partial charge on any atom is -0.314 e. The van der Waals surface area contributed by atoms with Gasteiger partial charge in [-0.1, -0.05) is 58.0 Å². The molecular formula is C63H149Ac2Cl6Mn4N25O2. The van der Waals surface area contributed by atoms with Crippen molar-refractivity contribution in [2.24, 2.45) is 5.92 Å². The first-order chi connectivity index (χ1) is 48.0. The summed E-state index contributed by atoms with van der Waals surface area (Å²) in [5, 5.41) is 86.0. The minimum atomic E-state index is 0. The predicted molar refractivity (Wildman–Crippen MR) is 423 cm³/mol. The zero-order chi connectivity index (χ0) is 71.0. The Balaban J connectivity index is -0.000000173. The van der Waals surface area contributed by atoms with Gasteiger partial charge < -0.3 is 144 Å². The molecule has 0 bridgehead atoms. The average Bonchev–Trinajstić information content (AvgIpc) is 0.982. The fourth-order valence-electron chi connectivity index (χ4n) is 9.54. The molecule has 1 aromatic rings. The van der Waals surface area contributed by atoms with Crippen molar-refractivity contribution in [1.82, 2.24) is 133 Å². The molecule has 5 fully saturated rings. The molecule has 0 amide bonds. The Morgan fingerprint density at radius 1 is 0.275 bits per heavy atom. The van der Waals surface area contributed by atoms with E-state index in [2.05, 4.69) is 177 Å². The molecule has 1 aromatic carbocycles. The summed E-state index contributed by atoms with van der Waals surface area (Å²) < 4.78 is 0. The number of benzene rings is 1. The van der Waals surface area contributed by atoms with Gasteiger partial charge in [0.1, 0.15) is 0 Å². The monoisotopic (exact) mass is 2170 g/mol. The largest absolute Gasteiger partial charge is 0.314 e. The molecule has 0 aliphatic carbocycles. The van der Waals surface area contributed by atoms with Crippen molar-refractivity contribution in [1.29, 1.82) is 0 Å². The Hall–Kier alpha value is 4.84. The van der Waals surface area contributed by atoms with Gasteiger partial charge in [-0.3, -0.25) is 0 Å². The Morgan fingerprint density at radius 2 is 0.422 bits per heavy atom. The van der Waals surface area contributed by atoms with Gasteiger partial charge in [0.15, 0.2) is 0 Å². The van der Waals surface area contributed by atoms with Gasteiger partial charge in [-0.15, -0.1) is 0 Å². The second kappa shape index (κ2) is 117. The zero-order valence-corrected chi connectivity index (χ0v) is 81.7. The van der Waals surface area contributed by atoms with Crippen LogP contribution in [0.1, 0.15) is 39.7 Å². The standard InChI is InChI=1S/C17H31N5.C14H33N5.3C10H25N5.C2H6.2Ac.6ClH.4Mn.2H2O/c1-2-4-16(5-3-1)14-17-15-21-11-10-19-7-6-18-8-9-20-12-13-22-17;1-13(2)11-14-12-18-8-7-16-4-3-15-5-6-17-9-10-19-14;3*1-2-12-5-6-14-9-10-15-8-7-13-4-3-11-1;1-2;;;;;;;;;;;;;;/h1-5,17-22H,6-15H2;13-19H,3-12H2,1-2H3;3*11-15H,1-10H2;1-2H3;;;6*1H;;;;;2*1H2/q;;;;;;;;;;;;;;;3*+2;;/p-6. The third kappa shape index (κ3) is 113. The molecule has 5 aliphatic rings. The van der Waals surface area contributed by atoms with Crippen molar-refractivity contribution >= 4 is 60.6 Å². The summed E-state index contributed by atoms with van der Waals surface area (Å²) in [6.45, 7) is 59.0. The molecule has 5 saturated heterocycles. The van der Waals surface area contributed by atoms with Crippen LogP contribution in [0.25, 0.3) is 0 Å². The maximum Gasteiger partial charge on any atom is 0.0233 e. The second-order valence-electron chi connectivity index (χ2n) is 22.9. The van der Waals surface area contributed by atoms with Gasteiger partial charge in [-0.05, 0) is 24.3 Å². The quantitative estimate of drug-likeness (QED) is 0.129. The Bertz CT molecular complexity index is 1270. The molecule has 6 rings (SSSR count). The molecule has 5 heterocycles. The van der Waals surface area contributed by atoms with Gasteiger partial charge >= 0.3 is 100.0 Å². The molecule has 27 nitrogen and oxygen atoms in total. The normalized spacial score (nSPS) is 21.0. The molecule has 2 unspecified atom stereocenters. The first-order valence-electron chi connectivity index (χ1n) is 36.4. The molecule has 39 heteroatoms. The summed E-state index contributed by atoms with van der Waals surface area (Å²) >= 11 is 0.0208. The fourth-order valence-corrected chi connectivity index (χ4v) is 9.54. The molecule has 102 heavy (non-hydrogen) atoms. The van der Waals surface area contributed by atoms with Crippen LogP contribution in [0.3, 0.4) is 0 Å². The number of nitrogens with one attached hydrogen (secondary N) is 25. The molecular weight excluding hydrogens is 2030 g/mol. The fraction of sp³-hybridized carbons (Fsp3) is 0.905. The summed E-state index contributed by atoms with van der Waals surface area (Å²) in [5.74, 6) is 0.747. The van der Waals surface area contributed by atoms with Crippen LogP contribution in [0.4, 0.5) is 0 Å². The Morgan fingerprint density at radius 3 is 0.598 bits per heavy atom. The van der Waals surface area contributed by atoms with Gasteiger partial charge in [-0.25, -0.2) is 0 Å². The van der Waals surface area contributed by atoms with E-state index in [0.717, 1.165) is 326 Å². The molecule has 0 spiro atoms. The molecule has 2 atom stereocenters. The third-order valence-electron chi connectivity index (χ3n) is 14.4. The van der Waals surface area contributed by atoms with E-state index >= 15 is 0 Å². The minimum absolute atomic E-state index is 0. The smallest absolute Gasteiger partial charge is 0.0233 e. The number of rotatable bonds is 4. The SMILES string of the molecule is C1CNCCNCCNCCNCCN1.C1CNCCNCCNCCNCCN1.C1CNCCNCCNCCNCCN1.CC.CC(C)CC1CNCCNCCNCCNCCN1.O.O.[Ac].[Ac].[Cl][Mn][Cl].[Cl][Mn][Cl].[Cl][Mn][Cl].[Mn].c1ccc(CC2CNCCNCCNCCNCCN2)cc1. The predicted octanol–water partition coefficient (Wildman–Crippen LogP) is -3.73. The van der Waals surface area contributed by atoms with E-state index in [1.165, 1.54) is 12.0 Å². The van der Waals surface area contributed by atoms with Crippen LogP contribution in [0, 0.1) is 94.0 Å². The summed E-state index contributed by atoms with van der Waals surface area (Å²) in [7, 11) is 28.8. The first-order valence-corrected chi connectivity index (χ1v) is 46.1. The van der Waals surface area contributed by atoms with E-state index in [-0.39, 0.29) is 156 Å². The van der Waals surface area contributed by atoms with Crippen LogP contribution in [-0.2, 0) is 62.9 Å². The topological polar surface area (TPSA) is 364 Å². The van der Waals surface area contributed by atoms with Gasteiger partial charge in [0.25, 0.3) is 0 Å². The van der Waals surface area contributed by atoms with E-state index in [9.17, 15) is 0 Å². The van der Waals surface area contributed by atoms with Gasteiger partial charge in [0.05, 0.1) is 0 Å². The molecule has 3 radical (unpaired) electrons. The van der Waals surface area contributed by atoms with Crippen molar-refractivity contribution < 1.29 is 156 Å². The van der Waals surface area contributed by atoms with Gasteiger partial charge in [-0.2, -0.15) is 0 Å². The third-order valence-corrected chi connectivity index (χ3v) is 14.4. The Labute approximate surface area is 748 Å². The zero-order valence-electron chi connectivity index (χ0n) is 62.9.